The Kier molecular flexibility index (Phi) is 5.71. The zero-order chi connectivity index (χ0) is 20.4. The van der Waals surface area contributed by atoms with E-state index in [-0.39, 0.29) is 11.5 Å². The highest BCUT2D eigenvalue weighted by atomic mass is 35.5. The molecule has 2 aromatic carbocycles. The summed E-state index contributed by atoms with van der Waals surface area (Å²) in [7, 11) is 0. The summed E-state index contributed by atoms with van der Waals surface area (Å²) >= 11 is 8.49. The average Bonchev–Trinajstić information content (AvgIpc) is 3.15. The van der Waals surface area contributed by atoms with Crippen molar-refractivity contribution in [2.24, 2.45) is 0 Å². The number of carbonyl (C=O) groups excluding carboxylic acids is 1. The van der Waals surface area contributed by atoms with Crippen molar-refractivity contribution in [3.63, 3.8) is 0 Å². The number of thioether (sulfide) groups is 1. The van der Waals surface area contributed by atoms with E-state index in [2.05, 4.69) is 15.3 Å². The molecule has 1 amide bonds. The van der Waals surface area contributed by atoms with Crippen LogP contribution in [0, 0.1) is 0 Å². The number of H-pyrrole nitrogens is 1. The number of hydrogen-bond donors (Lipinski definition) is 2. The first-order valence-corrected chi connectivity index (χ1v) is 10.9. The van der Waals surface area contributed by atoms with Crippen LogP contribution >= 0.6 is 34.7 Å². The number of anilines is 1. The zero-order valence-corrected chi connectivity index (χ0v) is 17.7. The van der Waals surface area contributed by atoms with Crippen molar-refractivity contribution in [1.29, 1.82) is 0 Å². The molecule has 29 heavy (non-hydrogen) atoms. The normalized spacial score (nSPS) is 12.1. The van der Waals surface area contributed by atoms with Gasteiger partial charge in [0.25, 0.3) is 5.56 Å². The fourth-order valence-corrected chi connectivity index (χ4v) is 4.74. The minimum atomic E-state index is -0.445. The van der Waals surface area contributed by atoms with Gasteiger partial charge in [-0.05, 0) is 36.8 Å². The topological polar surface area (TPSA) is 74.8 Å². The van der Waals surface area contributed by atoms with E-state index < -0.39 is 5.25 Å². The summed E-state index contributed by atoms with van der Waals surface area (Å²) in [5, 5.41) is 5.92. The van der Waals surface area contributed by atoms with Crippen molar-refractivity contribution < 1.29 is 4.79 Å². The van der Waals surface area contributed by atoms with Gasteiger partial charge < -0.3 is 10.3 Å². The van der Waals surface area contributed by atoms with Crippen molar-refractivity contribution in [2.45, 2.75) is 17.3 Å². The highest BCUT2D eigenvalue weighted by molar-refractivity contribution is 8.00. The molecule has 146 valence electrons. The lowest BCUT2D eigenvalue weighted by molar-refractivity contribution is -0.115. The van der Waals surface area contributed by atoms with Crippen LogP contribution in [0.25, 0.3) is 21.3 Å². The maximum atomic E-state index is 12.7. The highest BCUT2D eigenvalue weighted by Gasteiger charge is 2.18. The summed E-state index contributed by atoms with van der Waals surface area (Å²) in [6.45, 7) is 1.77. The average molecular weight is 442 g/mol. The minimum Gasteiger partial charge on any atom is -0.325 e. The lowest BCUT2D eigenvalue weighted by Crippen LogP contribution is -2.23. The number of hydrogen-bond acceptors (Lipinski definition) is 5. The molecule has 0 radical (unpaired) electrons. The molecule has 0 aliphatic carbocycles. The minimum absolute atomic E-state index is 0.184. The molecule has 1 atom stereocenters. The summed E-state index contributed by atoms with van der Waals surface area (Å²) in [4.78, 5) is 33.2. The van der Waals surface area contributed by atoms with E-state index in [0.29, 0.717) is 26.1 Å². The number of amides is 1. The third-order valence-electron chi connectivity index (χ3n) is 4.28. The van der Waals surface area contributed by atoms with Crippen LogP contribution in [0.1, 0.15) is 6.92 Å². The summed E-state index contributed by atoms with van der Waals surface area (Å²) in [5.41, 5.74) is 2.30. The van der Waals surface area contributed by atoms with Gasteiger partial charge in [-0.2, -0.15) is 0 Å². The van der Waals surface area contributed by atoms with E-state index in [0.717, 1.165) is 11.1 Å². The molecular formula is C21H16ClN3O2S2. The maximum Gasteiger partial charge on any atom is 0.260 e. The second kappa shape index (κ2) is 8.41. The Labute approximate surface area is 180 Å². The number of rotatable bonds is 5. The van der Waals surface area contributed by atoms with Gasteiger partial charge in [0, 0.05) is 21.7 Å². The number of aromatic nitrogens is 2. The summed E-state index contributed by atoms with van der Waals surface area (Å²) in [5.74, 6) is -0.184. The van der Waals surface area contributed by atoms with Crippen LogP contribution in [0.15, 0.2) is 69.9 Å². The van der Waals surface area contributed by atoms with Gasteiger partial charge >= 0.3 is 0 Å². The van der Waals surface area contributed by atoms with Crippen LogP contribution in [0.3, 0.4) is 0 Å². The molecule has 0 saturated carbocycles. The molecule has 1 unspecified atom stereocenters. The number of benzene rings is 2. The molecule has 0 bridgehead atoms. The SMILES string of the molecule is CC(Sc1nc2scc(-c3ccccc3)c2c(=O)[nH]1)C(=O)Nc1ccc(Cl)cc1. The molecule has 0 saturated heterocycles. The van der Waals surface area contributed by atoms with Gasteiger partial charge in [-0.15, -0.1) is 11.3 Å². The van der Waals surface area contributed by atoms with Crippen LogP contribution in [0.2, 0.25) is 5.02 Å². The Morgan fingerprint density at radius 2 is 1.90 bits per heavy atom. The Balaban J connectivity index is 1.54. The van der Waals surface area contributed by atoms with E-state index in [1.807, 2.05) is 35.7 Å². The molecular weight excluding hydrogens is 426 g/mol. The Morgan fingerprint density at radius 1 is 1.17 bits per heavy atom. The summed E-state index contributed by atoms with van der Waals surface area (Å²) in [6.07, 6.45) is 0. The third-order valence-corrected chi connectivity index (χ3v) is 6.38. The standard InChI is InChI=1S/C21H16ClN3O2S2/c1-12(18(26)23-15-9-7-14(22)8-10-15)29-21-24-19(27)17-16(11-28-20(17)25-21)13-5-3-2-4-6-13/h2-12H,1H3,(H,23,26)(H,24,25,27). The van der Waals surface area contributed by atoms with Gasteiger partial charge in [-0.1, -0.05) is 53.7 Å². The molecule has 2 aromatic heterocycles. The summed E-state index contributed by atoms with van der Waals surface area (Å²) < 4.78 is 0. The number of halogens is 1. The van der Waals surface area contributed by atoms with Crippen LogP contribution in [0.4, 0.5) is 5.69 Å². The quantitative estimate of drug-likeness (QED) is 0.320. The molecule has 2 N–H and O–H groups in total. The first-order chi connectivity index (χ1) is 14.0. The van der Waals surface area contributed by atoms with E-state index in [9.17, 15) is 9.59 Å². The molecule has 4 aromatic rings. The van der Waals surface area contributed by atoms with Crippen LogP contribution in [0.5, 0.6) is 0 Å². The molecule has 0 aliphatic rings. The fraction of sp³-hybridized carbons (Fsp3) is 0.0952. The van der Waals surface area contributed by atoms with Crippen molar-refractivity contribution in [1.82, 2.24) is 9.97 Å². The van der Waals surface area contributed by atoms with Gasteiger partial charge in [-0.25, -0.2) is 4.98 Å². The number of nitrogens with zero attached hydrogens (tertiary/aromatic N) is 1. The van der Waals surface area contributed by atoms with E-state index >= 15 is 0 Å². The molecule has 2 heterocycles. The van der Waals surface area contributed by atoms with Crippen LogP contribution in [-0.2, 0) is 4.79 Å². The number of aromatic amines is 1. The van der Waals surface area contributed by atoms with Gasteiger partial charge in [-0.3, -0.25) is 9.59 Å². The van der Waals surface area contributed by atoms with Crippen LogP contribution < -0.4 is 10.9 Å². The van der Waals surface area contributed by atoms with Crippen molar-refractivity contribution in [2.75, 3.05) is 5.32 Å². The molecule has 8 heteroatoms. The first-order valence-electron chi connectivity index (χ1n) is 8.81. The smallest absolute Gasteiger partial charge is 0.260 e. The van der Waals surface area contributed by atoms with Gasteiger partial charge in [0.05, 0.1) is 10.6 Å². The molecule has 4 rings (SSSR count). The van der Waals surface area contributed by atoms with Crippen molar-refractivity contribution in [3.05, 3.63) is 75.4 Å². The number of thiophene rings is 1. The highest BCUT2D eigenvalue weighted by Crippen LogP contribution is 2.32. The first kappa shape index (κ1) is 19.7. The molecule has 0 spiro atoms. The van der Waals surface area contributed by atoms with E-state index in [4.69, 9.17) is 11.6 Å². The van der Waals surface area contributed by atoms with Crippen LogP contribution in [-0.4, -0.2) is 21.1 Å². The third kappa shape index (κ3) is 4.37. The number of carbonyl (C=O) groups is 1. The predicted molar refractivity (Wildman–Crippen MR) is 121 cm³/mol. The number of fused-ring (bicyclic) bond motifs is 1. The van der Waals surface area contributed by atoms with Gasteiger partial charge in [0.2, 0.25) is 5.91 Å². The van der Waals surface area contributed by atoms with Gasteiger partial charge in [0.1, 0.15) is 4.83 Å². The molecule has 0 fully saturated rings. The number of nitrogens with one attached hydrogen (secondary N) is 2. The Hall–Kier alpha value is -2.61. The van der Waals surface area contributed by atoms with Gasteiger partial charge in [0.15, 0.2) is 5.16 Å². The largest absolute Gasteiger partial charge is 0.325 e. The predicted octanol–water partition coefficient (Wildman–Crippen LogP) is 5.42. The van der Waals surface area contributed by atoms with E-state index in [1.54, 1.807) is 31.2 Å². The molecule has 0 aliphatic heterocycles. The lowest BCUT2D eigenvalue weighted by Gasteiger charge is -2.11. The summed E-state index contributed by atoms with van der Waals surface area (Å²) in [6, 6.07) is 16.6. The second-order valence-electron chi connectivity index (χ2n) is 6.32. The maximum absolute atomic E-state index is 12.7. The zero-order valence-electron chi connectivity index (χ0n) is 15.3. The van der Waals surface area contributed by atoms with Crippen molar-refractivity contribution in [3.8, 4) is 11.1 Å². The second-order valence-corrected chi connectivity index (χ2v) is 8.95. The Bertz CT molecular complexity index is 1220. The molecule has 5 nitrogen and oxygen atoms in total. The Morgan fingerprint density at radius 3 is 2.62 bits per heavy atom. The fourth-order valence-electron chi connectivity index (χ4n) is 2.81. The van der Waals surface area contributed by atoms with Crippen molar-refractivity contribution >= 4 is 56.5 Å². The lowest BCUT2D eigenvalue weighted by atomic mass is 10.1. The van der Waals surface area contributed by atoms with E-state index in [1.165, 1.54) is 23.1 Å². The monoisotopic (exact) mass is 441 g/mol.